The lowest BCUT2D eigenvalue weighted by atomic mass is 10.3. The van der Waals surface area contributed by atoms with Gasteiger partial charge in [0.2, 0.25) is 0 Å². The van der Waals surface area contributed by atoms with Gasteiger partial charge in [0.25, 0.3) is 0 Å². The smallest absolute Gasteiger partial charge is 0.104 e. The molecule has 0 amide bonds. The van der Waals surface area contributed by atoms with Crippen molar-refractivity contribution in [3.63, 3.8) is 0 Å². The van der Waals surface area contributed by atoms with Crippen LogP contribution in [0.4, 0.5) is 0 Å². The first-order valence-electron chi connectivity index (χ1n) is 2.43. The average Bonchev–Trinajstić information content (AvgIpc) is 2.14. The van der Waals surface area contributed by atoms with Gasteiger partial charge in [0, 0.05) is 10.9 Å². The highest BCUT2D eigenvalue weighted by Gasteiger charge is 1.95. The molecule has 1 nitrogen and oxygen atoms in total. The maximum atomic E-state index is 5.03. The predicted molar refractivity (Wildman–Crippen MR) is 36.1 cm³/mol. The minimum Gasteiger partial charge on any atom is -0.469 e. The molecule has 0 unspecified atom stereocenters. The van der Waals surface area contributed by atoms with Gasteiger partial charge in [-0.15, -0.1) is 0 Å². The molecule has 0 atom stereocenters. The summed E-state index contributed by atoms with van der Waals surface area (Å²) in [6.45, 7) is 1.95. The average molecular weight is 175 g/mol. The maximum absolute atomic E-state index is 5.03. The summed E-state index contributed by atoms with van der Waals surface area (Å²) >= 11 is 3.33. The first-order valence-corrected chi connectivity index (χ1v) is 3.55. The zero-order valence-electron chi connectivity index (χ0n) is 4.65. The Bertz CT molecular complexity index is 169. The Morgan fingerprint density at radius 2 is 2.50 bits per heavy atom. The number of hydrogen-bond acceptors (Lipinski definition) is 1. The third-order valence-corrected chi connectivity index (χ3v) is 1.71. The van der Waals surface area contributed by atoms with E-state index in [1.54, 1.807) is 6.26 Å². The standard InChI is InChI=1S/C6H7BrO/c1-5-6(4-7)2-3-8-5/h2-3H,4H2,1H3. The van der Waals surface area contributed by atoms with Gasteiger partial charge in [0.15, 0.2) is 0 Å². The van der Waals surface area contributed by atoms with Crippen molar-refractivity contribution in [3.8, 4) is 0 Å². The molecule has 1 aromatic rings. The normalized spacial score (nSPS) is 9.75. The number of furan rings is 1. The van der Waals surface area contributed by atoms with E-state index in [9.17, 15) is 0 Å². The molecule has 0 radical (unpaired) electrons. The SMILES string of the molecule is Cc1occc1CBr. The largest absolute Gasteiger partial charge is 0.469 e. The molecule has 1 aromatic heterocycles. The first-order chi connectivity index (χ1) is 3.84. The molecule has 44 valence electrons. The highest BCUT2D eigenvalue weighted by molar-refractivity contribution is 9.08. The number of rotatable bonds is 1. The van der Waals surface area contributed by atoms with Crippen LogP contribution in [0, 0.1) is 6.92 Å². The van der Waals surface area contributed by atoms with Crippen LogP contribution in [0.3, 0.4) is 0 Å². The molecule has 0 aliphatic carbocycles. The summed E-state index contributed by atoms with van der Waals surface area (Å²) in [4.78, 5) is 0. The summed E-state index contributed by atoms with van der Waals surface area (Å²) in [7, 11) is 0. The van der Waals surface area contributed by atoms with Crippen molar-refractivity contribution in [1.29, 1.82) is 0 Å². The van der Waals surface area contributed by atoms with Crippen molar-refractivity contribution >= 4 is 15.9 Å². The van der Waals surface area contributed by atoms with Crippen LogP contribution in [-0.2, 0) is 5.33 Å². The Morgan fingerprint density at radius 1 is 1.75 bits per heavy atom. The molecule has 8 heavy (non-hydrogen) atoms. The van der Waals surface area contributed by atoms with Crippen molar-refractivity contribution in [2.75, 3.05) is 0 Å². The summed E-state index contributed by atoms with van der Waals surface area (Å²) in [5, 5.41) is 0.884. The van der Waals surface area contributed by atoms with Crippen LogP contribution in [0.5, 0.6) is 0 Å². The number of aryl methyl sites for hydroxylation is 1. The van der Waals surface area contributed by atoms with Crippen molar-refractivity contribution in [1.82, 2.24) is 0 Å². The Morgan fingerprint density at radius 3 is 2.75 bits per heavy atom. The summed E-state index contributed by atoms with van der Waals surface area (Å²) in [6, 6.07) is 1.96. The van der Waals surface area contributed by atoms with Crippen LogP contribution in [0.15, 0.2) is 16.7 Å². The lowest BCUT2D eigenvalue weighted by Gasteiger charge is -1.85. The lowest BCUT2D eigenvalue weighted by Crippen LogP contribution is -1.71. The highest BCUT2D eigenvalue weighted by Crippen LogP contribution is 2.11. The second kappa shape index (κ2) is 2.35. The predicted octanol–water partition coefficient (Wildman–Crippen LogP) is 2.48. The second-order valence-electron chi connectivity index (χ2n) is 1.64. The van der Waals surface area contributed by atoms with Gasteiger partial charge in [0.1, 0.15) is 5.76 Å². The van der Waals surface area contributed by atoms with Crippen LogP contribution in [-0.4, -0.2) is 0 Å². The molecule has 0 saturated heterocycles. The number of halogens is 1. The van der Waals surface area contributed by atoms with Crippen molar-refractivity contribution in [2.45, 2.75) is 12.3 Å². The molecular weight excluding hydrogens is 168 g/mol. The molecule has 0 fully saturated rings. The summed E-state index contributed by atoms with van der Waals surface area (Å²) in [5.74, 6) is 1.00. The third-order valence-electron chi connectivity index (χ3n) is 1.11. The third kappa shape index (κ3) is 0.944. The van der Waals surface area contributed by atoms with Crippen LogP contribution in [0.25, 0.3) is 0 Å². The van der Waals surface area contributed by atoms with E-state index in [-0.39, 0.29) is 0 Å². The van der Waals surface area contributed by atoms with Crippen LogP contribution in [0.2, 0.25) is 0 Å². The Hall–Kier alpha value is -0.240. The zero-order valence-corrected chi connectivity index (χ0v) is 6.23. The van der Waals surface area contributed by atoms with E-state index < -0.39 is 0 Å². The van der Waals surface area contributed by atoms with Gasteiger partial charge in [-0.2, -0.15) is 0 Å². The minimum atomic E-state index is 0.884. The Balaban J connectivity index is 2.92. The maximum Gasteiger partial charge on any atom is 0.104 e. The van der Waals surface area contributed by atoms with Gasteiger partial charge in [0.05, 0.1) is 6.26 Å². The van der Waals surface area contributed by atoms with Crippen LogP contribution < -0.4 is 0 Å². The molecule has 0 N–H and O–H groups in total. The van der Waals surface area contributed by atoms with E-state index in [0.29, 0.717) is 0 Å². The lowest BCUT2D eigenvalue weighted by molar-refractivity contribution is 0.531. The van der Waals surface area contributed by atoms with Gasteiger partial charge in [-0.1, -0.05) is 15.9 Å². The first kappa shape index (κ1) is 5.89. The highest BCUT2D eigenvalue weighted by atomic mass is 79.9. The summed E-state index contributed by atoms with van der Waals surface area (Å²) in [5.41, 5.74) is 1.23. The zero-order chi connectivity index (χ0) is 5.98. The van der Waals surface area contributed by atoms with Crippen LogP contribution in [0.1, 0.15) is 11.3 Å². The fourth-order valence-corrected chi connectivity index (χ4v) is 1.13. The van der Waals surface area contributed by atoms with Gasteiger partial charge in [-0.3, -0.25) is 0 Å². The molecule has 0 bridgehead atoms. The van der Waals surface area contributed by atoms with E-state index in [2.05, 4.69) is 15.9 Å². The molecule has 2 heteroatoms. The molecule has 1 heterocycles. The van der Waals surface area contributed by atoms with E-state index in [1.165, 1.54) is 5.56 Å². The van der Waals surface area contributed by atoms with E-state index in [4.69, 9.17) is 4.42 Å². The summed E-state index contributed by atoms with van der Waals surface area (Å²) in [6.07, 6.45) is 1.70. The van der Waals surface area contributed by atoms with Gasteiger partial charge >= 0.3 is 0 Å². The molecule has 0 spiro atoms. The number of alkyl halides is 1. The Labute approximate surface area is 56.8 Å². The summed E-state index contributed by atoms with van der Waals surface area (Å²) < 4.78 is 5.03. The van der Waals surface area contributed by atoms with Crippen LogP contribution >= 0.6 is 15.9 Å². The van der Waals surface area contributed by atoms with E-state index in [0.717, 1.165) is 11.1 Å². The molecule has 0 aliphatic heterocycles. The van der Waals surface area contributed by atoms with Crippen molar-refractivity contribution in [2.24, 2.45) is 0 Å². The van der Waals surface area contributed by atoms with Crippen molar-refractivity contribution < 1.29 is 4.42 Å². The topological polar surface area (TPSA) is 13.1 Å². The molecule has 0 aromatic carbocycles. The molecule has 1 rings (SSSR count). The molecule has 0 aliphatic rings. The number of hydrogen-bond donors (Lipinski definition) is 0. The van der Waals surface area contributed by atoms with Gasteiger partial charge in [-0.05, 0) is 13.0 Å². The fourth-order valence-electron chi connectivity index (χ4n) is 0.550. The van der Waals surface area contributed by atoms with E-state index in [1.807, 2.05) is 13.0 Å². The fraction of sp³-hybridized carbons (Fsp3) is 0.333. The molecule has 0 saturated carbocycles. The second-order valence-corrected chi connectivity index (χ2v) is 2.20. The van der Waals surface area contributed by atoms with Crippen molar-refractivity contribution in [3.05, 3.63) is 23.7 Å². The Kier molecular flexibility index (Phi) is 1.73. The monoisotopic (exact) mass is 174 g/mol. The molecular formula is C6H7BrO. The minimum absolute atomic E-state index is 0.884. The van der Waals surface area contributed by atoms with E-state index >= 15 is 0 Å². The van der Waals surface area contributed by atoms with Gasteiger partial charge in [-0.25, -0.2) is 0 Å². The van der Waals surface area contributed by atoms with Gasteiger partial charge < -0.3 is 4.42 Å². The quantitative estimate of drug-likeness (QED) is 0.597.